The molecule has 1 aliphatic rings. The Hall–Kier alpha value is -3.29. The average molecular weight is 383 g/mol. The molecule has 1 amide bonds. The van der Waals surface area contributed by atoms with Gasteiger partial charge in [-0.2, -0.15) is 0 Å². The van der Waals surface area contributed by atoms with Crippen molar-refractivity contribution in [3.05, 3.63) is 46.2 Å². The minimum Gasteiger partial charge on any atom is -0.486 e. The molecule has 1 aliphatic heterocycles. The van der Waals surface area contributed by atoms with Crippen LogP contribution in [0.4, 0.5) is 5.69 Å². The third kappa shape index (κ3) is 3.21. The summed E-state index contributed by atoms with van der Waals surface area (Å²) in [6, 6.07) is 5.15. The molecule has 0 atom stereocenters. The smallest absolute Gasteiger partial charge is 0.265 e. The lowest BCUT2D eigenvalue weighted by molar-refractivity contribution is 0.102. The molecule has 0 spiro atoms. The molecule has 8 nitrogen and oxygen atoms in total. The Morgan fingerprint density at radius 3 is 2.75 bits per heavy atom. The van der Waals surface area contributed by atoms with Gasteiger partial charge in [0.25, 0.3) is 11.5 Å². The zero-order chi connectivity index (χ0) is 19.8. The zero-order valence-corrected chi connectivity index (χ0v) is 15.9. The number of anilines is 1. The largest absolute Gasteiger partial charge is 0.486 e. The summed E-state index contributed by atoms with van der Waals surface area (Å²) < 4.78 is 18.1. The number of fused-ring (bicyclic) bond motifs is 2. The van der Waals surface area contributed by atoms with Gasteiger partial charge in [0.2, 0.25) is 5.71 Å². The maximum absolute atomic E-state index is 12.9. The average Bonchev–Trinajstić information content (AvgIpc) is 3.00. The summed E-state index contributed by atoms with van der Waals surface area (Å²) in [6.07, 6.45) is 1.45. The number of aromatic nitrogens is 2. The number of hydrogen-bond acceptors (Lipinski definition) is 6. The maximum Gasteiger partial charge on any atom is 0.265 e. The summed E-state index contributed by atoms with van der Waals surface area (Å²) in [4.78, 5) is 30.0. The first-order chi connectivity index (χ1) is 13.4. The van der Waals surface area contributed by atoms with Crippen molar-refractivity contribution in [2.75, 3.05) is 18.5 Å². The number of amides is 1. The van der Waals surface area contributed by atoms with Gasteiger partial charge in [-0.15, -0.1) is 0 Å². The molecule has 0 fully saturated rings. The van der Waals surface area contributed by atoms with Crippen LogP contribution < -0.4 is 20.3 Å². The molecule has 4 rings (SSSR count). The Kier molecular flexibility index (Phi) is 4.54. The van der Waals surface area contributed by atoms with Gasteiger partial charge < -0.3 is 19.2 Å². The van der Waals surface area contributed by atoms with Gasteiger partial charge in [0.1, 0.15) is 30.7 Å². The molecule has 1 aromatic carbocycles. The van der Waals surface area contributed by atoms with Gasteiger partial charge in [0.15, 0.2) is 11.5 Å². The topological polar surface area (TPSA) is 95.6 Å². The molecular weight excluding hydrogens is 362 g/mol. The molecule has 146 valence electrons. The molecule has 8 heteroatoms. The van der Waals surface area contributed by atoms with E-state index in [0.717, 1.165) is 0 Å². The fourth-order valence-corrected chi connectivity index (χ4v) is 3.25. The van der Waals surface area contributed by atoms with E-state index in [4.69, 9.17) is 13.9 Å². The van der Waals surface area contributed by atoms with E-state index >= 15 is 0 Å². The van der Waals surface area contributed by atoms with Crippen molar-refractivity contribution in [1.82, 2.24) is 9.55 Å². The van der Waals surface area contributed by atoms with Crippen LogP contribution in [-0.2, 0) is 6.54 Å². The van der Waals surface area contributed by atoms with Gasteiger partial charge in [-0.25, -0.2) is 4.98 Å². The van der Waals surface area contributed by atoms with Gasteiger partial charge in [0, 0.05) is 18.3 Å². The highest BCUT2D eigenvalue weighted by Gasteiger charge is 2.23. The predicted molar refractivity (Wildman–Crippen MR) is 103 cm³/mol. The van der Waals surface area contributed by atoms with Gasteiger partial charge in [0.05, 0.1) is 5.56 Å². The molecule has 0 saturated heterocycles. The number of furan rings is 1. The fraction of sp³-hybridized carbons (Fsp3) is 0.350. The Morgan fingerprint density at radius 2 is 2.00 bits per heavy atom. The van der Waals surface area contributed by atoms with Gasteiger partial charge in [-0.1, -0.05) is 13.8 Å². The van der Waals surface area contributed by atoms with E-state index in [9.17, 15) is 9.59 Å². The molecule has 0 aliphatic carbocycles. The van der Waals surface area contributed by atoms with Gasteiger partial charge >= 0.3 is 0 Å². The molecule has 28 heavy (non-hydrogen) atoms. The first kappa shape index (κ1) is 18.1. The van der Waals surface area contributed by atoms with Crippen LogP contribution in [-0.4, -0.2) is 28.7 Å². The molecule has 0 unspecified atom stereocenters. The number of aryl methyl sites for hydroxylation is 1. The van der Waals surface area contributed by atoms with E-state index in [1.165, 1.54) is 10.9 Å². The number of hydrogen-bond donors (Lipinski definition) is 1. The van der Waals surface area contributed by atoms with Crippen LogP contribution in [0.15, 0.2) is 33.7 Å². The second-order valence-electron chi connectivity index (χ2n) is 7.12. The lowest BCUT2D eigenvalue weighted by Gasteiger charge is -2.19. The first-order valence-electron chi connectivity index (χ1n) is 9.13. The SMILES string of the molecule is Cc1oc2ncn(CC(C)C)c(=O)c2c1C(=O)Nc1ccc2c(c1)OCCO2. The van der Waals surface area contributed by atoms with E-state index in [1.807, 2.05) is 13.8 Å². The van der Waals surface area contributed by atoms with Gasteiger partial charge in [-0.3, -0.25) is 14.2 Å². The van der Waals surface area contributed by atoms with Crippen LogP contribution in [0.2, 0.25) is 0 Å². The van der Waals surface area contributed by atoms with Crippen molar-refractivity contribution in [3.8, 4) is 11.5 Å². The van der Waals surface area contributed by atoms with E-state index in [-0.39, 0.29) is 28.1 Å². The lowest BCUT2D eigenvalue weighted by Crippen LogP contribution is -2.24. The Balaban J connectivity index is 1.71. The van der Waals surface area contributed by atoms with E-state index in [2.05, 4.69) is 10.3 Å². The first-order valence-corrected chi connectivity index (χ1v) is 9.13. The van der Waals surface area contributed by atoms with Crippen LogP contribution in [0.25, 0.3) is 11.1 Å². The van der Waals surface area contributed by atoms with Crippen molar-refractivity contribution in [2.24, 2.45) is 5.92 Å². The second-order valence-corrected chi connectivity index (χ2v) is 7.12. The normalized spacial score (nSPS) is 13.1. The number of carbonyl (C=O) groups excluding carboxylic acids is 1. The van der Waals surface area contributed by atoms with Crippen molar-refractivity contribution >= 4 is 22.7 Å². The maximum atomic E-state index is 12.9. The number of ether oxygens (including phenoxy) is 2. The summed E-state index contributed by atoms with van der Waals surface area (Å²) in [7, 11) is 0. The van der Waals surface area contributed by atoms with Crippen LogP contribution in [0.5, 0.6) is 11.5 Å². The monoisotopic (exact) mass is 383 g/mol. The molecule has 3 heterocycles. The third-order valence-electron chi connectivity index (χ3n) is 4.44. The summed E-state index contributed by atoms with van der Waals surface area (Å²) in [5.41, 5.74) is 0.604. The summed E-state index contributed by atoms with van der Waals surface area (Å²) >= 11 is 0. The van der Waals surface area contributed by atoms with Crippen molar-refractivity contribution < 1.29 is 18.7 Å². The highest BCUT2D eigenvalue weighted by Crippen LogP contribution is 2.33. The van der Waals surface area contributed by atoms with Crippen LogP contribution in [0.3, 0.4) is 0 Å². The summed E-state index contributed by atoms with van der Waals surface area (Å²) in [5, 5.41) is 2.99. The highest BCUT2D eigenvalue weighted by atomic mass is 16.6. The number of nitrogens with one attached hydrogen (secondary N) is 1. The van der Waals surface area contributed by atoms with E-state index in [0.29, 0.717) is 42.7 Å². The molecule has 0 saturated carbocycles. The minimum atomic E-state index is -0.436. The Labute approximate surface area is 161 Å². The summed E-state index contributed by atoms with van der Waals surface area (Å²) in [5.74, 6) is 1.37. The summed E-state index contributed by atoms with van der Waals surface area (Å²) in [6.45, 7) is 7.12. The van der Waals surface area contributed by atoms with Crippen molar-refractivity contribution in [2.45, 2.75) is 27.3 Å². The predicted octanol–water partition coefficient (Wildman–Crippen LogP) is 2.98. The quantitative estimate of drug-likeness (QED) is 0.744. The van der Waals surface area contributed by atoms with Gasteiger partial charge in [-0.05, 0) is 25.0 Å². The van der Waals surface area contributed by atoms with Crippen molar-refractivity contribution in [3.63, 3.8) is 0 Å². The van der Waals surface area contributed by atoms with E-state index < -0.39 is 5.91 Å². The highest BCUT2D eigenvalue weighted by molar-refractivity contribution is 6.12. The van der Waals surface area contributed by atoms with Crippen molar-refractivity contribution in [1.29, 1.82) is 0 Å². The Bertz CT molecular complexity index is 1110. The molecule has 1 N–H and O–H groups in total. The molecular formula is C20H21N3O5. The second kappa shape index (κ2) is 7.03. The lowest BCUT2D eigenvalue weighted by atomic mass is 10.1. The number of carbonyl (C=O) groups is 1. The van der Waals surface area contributed by atoms with E-state index in [1.54, 1.807) is 25.1 Å². The molecule has 0 bridgehead atoms. The van der Waals surface area contributed by atoms with Crippen LogP contribution in [0, 0.1) is 12.8 Å². The number of rotatable bonds is 4. The molecule has 3 aromatic rings. The number of benzene rings is 1. The number of nitrogens with zero attached hydrogens (tertiary/aromatic N) is 2. The minimum absolute atomic E-state index is 0.162. The molecule has 2 aromatic heterocycles. The molecule has 0 radical (unpaired) electrons. The Morgan fingerprint density at radius 1 is 1.25 bits per heavy atom. The zero-order valence-electron chi connectivity index (χ0n) is 15.9. The van der Waals surface area contributed by atoms with Crippen LogP contribution in [0.1, 0.15) is 30.0 Å². The third-order valence-corrected chi connectivity index (χ3v) is 4.44. The van der Waals surface area contributed by atoms with Crippen LogP contribution >= 0.6 is 0 Å². The standard InChI is InChI=1S/C20H21N3O5/c1-11(2)9-23-10-21-19-17(20(23)25)16(12(3)28-19)18(24)22-13-4-5-14-15(8-13)27-7-6-26-14/h4-5,8,10-11H,6-7,9H2,1-3H3,(H,22,24). The fourth-order valence-electron chi connectivity index (χ4n) is 3.25.